The Balaban J connectivity index is 0.000000286. The van der Waals surface area contributed by atoms with E-state index in [9.17, 15) is 14.4 Å². The summed E-state index contributed by atoms with van der Waals surface area (Å²) in [5.74, 6) is -1.31. The Hall–Kier alpha value is -4.77. The van der Waals surface area contributed by atoms with Gasteiger partial charge in [0.1, 0.15) is 23.2 Å². The van der Waals surface area contributed by atoms with E-state index in [2.05, 4.69) is 25.6 Å². The van der Waals surface area contributed by atoms with Gasteiger partial charge in [-0.3, -0.25) is 9.59 Å². The average molecular weight is 489 g/mol. The lowest BCUT2D eigenvalue weighted by Crippen LogP contribution is -2.26. The number of carbonyl (C=O) groups excluding carboxylic acids is 2. The van der Waals surface area contributed by atoms with Crippen molar-refractivity contribution in [3.8, 4) is 5.75 Å². The van der Waals surface area contributed by atoms with E-state index < -0.39 is 11.9 Å². The largest absolute Gasteiger partial charge is 0.482 e. The molecule has 2 aromatic heterocycles. The number of fused-ring (bicyclic) bond motifs is 2. The number of aromatic amines is 1. The predicted molar refractivity (Wildman–Crippen MR) is 132 cm³/mol. The fourth-order valence-corrected chi connectivity index (χ4v) is 3.54. The zero-order valence-electron chi connectivity index (χ0n) is 19.3. The van der Waals surface area contributed by atoms with Gasteiger partial charge in [0.25, 0.3) is 11.8 Å². The lowest BCUT2D eigenvalue weighted by atomic mass is 10.1. The third-order valence-electron chi connectivity index (χ3n) is 5.36. The van der Waals surface area contributed by atoms with E-state index >= 15 is 0 Å². The number of anilines is 1. The predicted octanol–water partition coefficient (Wildman–Crippen LogP) is 2.62. The van der Waals surface area contributed by atoms with Crippen molar-refractivity contribution in [2.75, 3.05) is 11.9 Å². The van der Waals surface area contributed by atoms with Gasteiger partial charge in [-0.05, 0) is 30.2 Å². The summed E-state index contributed by atoms with van der Waals surface area (Å²) < 4.78 is 5.29. The second kappa shape index (κ2) is 10.7. The summed E-state index contributed by atoms with van der Waals surface area (Å²) in [6.07, 6.45) is 2.41. The van der Waals surface area contributed by atoms with E-state index in [1.54, 1.807) is 18.2 Å². The van der Waals surface area contributed by atoms with Crippen molar-refractivity contribution in [2.24, 2.45) is 5.73 Å². The average Bonchev–Trinajstić information content (AvgIpc) is 3.32. The van der Waals surface area contributed by atoms with E-state index in [1.807, 2.05) is 37.3 Å². The summed E-state index contributed by atoms with van der Waals surface area (Å²) in [4.78, 5) is 45.7. The van der Waals surface area contributed by atoms with Crippen LogP contribution >= 0.6 is 0 Å². The lowest BCUT2D eigenvalue weighted by molar-refractivity contribution is -0.118. The molecule has 2 aromatic carbocycles. The van der Waals surface area contributed by atoms with Crippen LogP contribution in [0.1, 0.15) is 44.9 Å². The molecule has 6 N–H and O–H groups in total. The number of amides is 2. The van der Waals surface area contributed by atoms with Crippen LogP contribution in [-0.2, 0) is 11.3 Å². The second-order valence-electron chi connectivity index (χ2n) is 8.00. The van der Waals surface area contributed by atoms with Gasteiger partial charge < -0.3 is 31.2 Å². The normalized spacial score (nSPS) is 12.9. The van der Waals surface area contributed by atoms with E-state index in [0.29, 0.717) is 11.4 Å². The third-order valence-corrected chi connectivity index (χ3v) is 5.36. The van der Waals surface area contributed by atoms with E-state index in [4.69, 9.17) is 15.6 Å². The SMILES string of the molecule is C[C@@H](N)c1ccccc1.O=C1COc2ccc(CNC(=O)c3ncnc4c(C(=O)O)c[nH]c34)cc2N1. The standard InChI is InChI=1S/C17H13N5O5.C8H11N/c23-12-6-27-11-2-1-8(3-10(11)22-12)4-19-16(24)15-14-13(20-7-21-15)9(5-18-14)17(25)26;1-7(9)8-5-3-2-4-6-8/h1-3,5,7,18H,4,6H2,(H,19,24)(H,22,23)(H,25,26);2-7H,9H2,1H3/t;7-/m.1/s1. The molecule has 3 heterocycles. The van der Waals surface area contributed by atoms with E-state index in [-0.39, 0.29) is 47.4 Å². The first-order valence-electron chi connectivity index (χ1n) is 11.0. The Labute approximate surface area is 205 Å². The minimum absolute atomic E-state index is 0.0265. The molecule has 11 heteroatoms. The van der Waals surface area contributed by atoms with Gasteiger partial charge in [-0.2, -0.15) is 0 Å². The quantitative estimate of drug-likeness (QED) is 0.285. The number of aromatic nitrogens is 3. The van der Waals surface area contributed by atoms with Crippen molar-refractivity contribution in [1.82, 2.24) is 20.3 Å². The monoisotopic (exact) mass is 488 g/mol. The molecule has 0 bridgehead atoms. The van der Waals surface area contributed by atoms with Crippen LogP contribution in [0.4, 0.5) is 5.69 Å². The molecule has 0 unspecified atom stereocenters. The van der Waals surface area contributed by atoms with Crippen LogP contribution in [0, 0.1) is 0 Å². The third kappa shape index (κ3) is 5.47. The van der Waals surface area contributed by atoms with Crippen LogP contribution in [0.3, 0.4) is 0 Å². The maximum Gasteiger partial charge on any atom is 0.339 e. The van der Waals surface area contributed by atoms with Crippen molar-refractivity contribution < 1.29 is 24.2 Å². The van der Waals surface area contributed by atoms with Gasteiger partial charge >= 0.3 is 5.97 Å². The maximum absolute atomic E-state index is 12.5. The van der Waals surface area contributed by atoms with Gasteiger partial charge in [-0.1, -0.05) is 36.4 Å². The Morgan fingerprint density at radius 1 is 1.19 bits per heavy atom. The summed E-state index contributed by atoms with van der Waals surface area (Å²) in [7, 11) is 0. The summed E-state index contributed by atoms with van der Waals surface area (Å²) in [5.41, 5.74) is 8.51. The molecule has 2 amide bonds. The van der Waals surface area contributed by atoms with Crippen molar-refractivity contribution in [3.63, 3.8) is 0 Å². The molecule has 0 saturated heterocycles. The highest BCUT2D eigenvalue weighted by Gasteiger charge is 2.20. The molecule has 1 atom stereocenters. The Morgan fingerprint density at radius 2 is 1.97 bits per heavy atom. The number of rotatable bonds is 5. The van der Waals surface area contributed by atoms with Crippen molar-refractivity contribution in [3.05, 3.63) is 83.4 Å². The number of ether oxygens (including phenoxy) is 1. The number of aromatic carboxylic acids is 1. The van der Waals surface area contributed by atoms with E-state index in [0.717, 1.165) is 11.9 Å². The summed E-state index contributed by atoms with van der Waals surface area (Å²) >= 11 is 0. The molecular formula is C25H24N6O5. The number of carboxylic acid groups (broad SMARTS) is 1. The lowest BCUT2D eigenvalue weighted by Gasteiger charge is -2.18. The smallest absolute Gasteiger partial charge is 0.339 e. The number of nitrogens with one attached hydrogen (secondary N) is 3. The first-order chi connectivity index (χ1) is 17.3. The maximum atomic E-state index is 12.5. The number of hydrogen-bond acceptors (Lipinski definition) is 7. The summed E-state index contributed by atoms with van der Waals surface area (Å²) in [6.45, 7) is 2.14. The molecule has 0 fully saturated rings. The van der Waals surface area contributed by atoms with Crippen molar-refractivity contribution >= 4 is 34.5 Å². The molecule has 11 nitrogen and oxygen atoms in total. The van der Waals surface area contributed by atoms with Crippen molar-refractivity contribution in [2.45, 2.75) is 19.5 Å². The Morgan fingerprint density at radius 3 is 2.67 bits per heavy atom. The molecule has 0 radical (unpaired) electrons. The van der Waals surface area contributed by atoms with Gasteiger partial charge in [0.05, 0.1) is 11.2 Å². The number of carbonyl (C=O) groups is 3. The number of H-pyrrole nitrogens is 1. The van der Waals surface area contributed by atoms with Crippen LogP contribution in [0.5, 0.6) is 5.75 Å². The molecule has 1 aliphatic heterocycles. The highest BCUT2D eigenvalue weighted by Crippen LogP contribution is 2.28. The molecule has 1 aliphatic rings. The molecule has 0 saturated carbocycles. The van der Waals surface area contributed by atoms with Gasteiger partial charge in [-0.15, -0.1) is 0 Å². The molecule has 0 spiro atoms. The summed E-state index contributed by atoms with van der Waals surface area (Å²) in [6, 6.07) is 15.4. The Kier molecular flexibility index (Phi) is 7.21. The minimum atomic E-state index is -1.15. The Bertz CT molecular complexity index is 1420. The fourth-order valence-electron chi connectivity index (χ4n) is 3.54. The van der Waals surface area contributed by atoms with E-state index in [1.165, 1.54) is 11.8 Å². The zero-order valence-corrected chi connectivity index (χ0v) is 19.3. The van der Waals surface area contributed by atoms with Crippen LogP contribution in [0.25, 0.3) is 11.0 Å². The minimum Gasteiger partial charge on any atom is -0.482 e. The van der Waals surface area contributed by atoms with Crippen LogP contribution in [0.15, 0.2) is 61.1 Å². The number of nitrogens with zero attached hydrogens (tertiary/aromatic N) is 2. The topological polar surface area (TPSA) is 172 Å². The second-order valence-corrected chi connectivity index (χ2v) is 8.00. The molecular weight excluding hydrogens is 464 g/mol. The fraction of sp³-hybridized carbons (Fsp3) is 0.160. The van der Waals surface area contributed by atoms with Gasteiger partial charge in [0.15, 0.2) is 12.3 Å². The van der Waals surface area contributed by atoms with Gasteiger partial charge in [0.2, 0.25) is 0 Å². The molecule has 5 rings (SSSR count). The first-order valence-corrected chi connectivity index (χ1v) is 11.0. The molecule has 184 valence electrons. The van der Waals surface area contributed by atoms with Crippen LogP contribution in [0.2, 0.25) is 0 Å². The molecule has 0 aliphatic carbocycles. The number of nitrogens with two attached hydrogens (primary N) is 1. The van der Waals surface area contributed by atoms with Crippen LogP contribution in [-0.4, -0.2) is 44.4 Å². The highest BCUT2D eigenvalue weighted by atomic mass is 16.5. The first kappa shape index (κ1) is 24.4. The van der Waals surface area contributed by atoms with Gasteiger partial charge in [-0.25, -0.2) is 14.8 Å². The molecule has 4 aromatic rings. The number of hydrogen-bond donors (Lipinski definition) is 5. The van der Waals surface area contributed by atoms with Gasteiger partial charge in [0, 0.05) is 18.8 Å². The summed E-state index contributed by atoms with van der Waals surface area (Å²) in [5, 5.41) is 14.6. The number of benzene rings is 2. The highest BCUT2D eigenvalue weighted by molar-refractivity contribution is 6.08. The zero-order chi connectivity index (χ0) is 25.7. The van der Waals surface area contributed by atoms with Crippen molar-refractivity contribution in [1.29, 1.82) is 0 Å². The molecule has 36 heavy (non-hydrogen) atoms. The number of carboxylic acids is 1. The van der Waals surface area contributed by atoms with Crippen LogP contribution < -0.4 is 21.1 Å².